The summed E-state index contributed by atoms with van der Waals surface area (Å²) >= 11 is 15.3. The third kappa shape index (κ3) is 2.76. The van der Waals surface area contributed by atoms with E-state index >= 15 is 0 Å². The molecule has 0 aliphatic carbocycles. The van der Waals surface area contributed by atoms with Gasteiger partial charge in [0.2, 0.25) is 0 Å². The van der Waals surface area contributed by atoms with Gasteiger partial charge >= 0.3 is 0 Å². The highest BCUT2D eigenvalue weighted by Crippen LogP contribution is 2.35. The first-order chi connectivity index (χ1) is 6.02. The lowest BCUT2D eigenvalue weighted by atomic mass is 10.3. The van der Waals surface area contributed by atoms with Crippen LogP contribution in [0, 0.1) is 0 Å². The largest absolute Gasteiger partial charge is 0.382 e. The van der Waals surface area contributed by atoms with Crippen LogP contribution in [0.15, 0.2) is 16.6 Å². The summed E-state index contributed by atoms with van der Waals surface area (Å²) in [5, 5.41) is 4.31. The topological polar surface area (TPSA) is 12.0 Å². The summed E-state index contributed by atoms with van der Waals surface area (Å²) in [6, 6.07) is 4.12. The number of halogens is 3. The predicted molar refractivity (Wildman–Crippen MR) is 62.9 cm³/mol. The van der Waals surface area contributed by atoms with Gasteiger partial charge < -0.3 is 5.32 Å². The van der Waals surface area contributed by atoms with E-state index < -0.39 is 0 Å². The molecule has 1 aromatic rings. The van der Waals surface area contributed by atoms with Crippen LogP contribution in [0.4, 0.5) is 5.69 Å². The van der Waals surface area contributed by atoms with E-state index in [4.69, 9.17) is 23.2 Å². The van der Waals surface area contributed by atoms with Crippen molar-refractivity contribution >= 4 is 44.8 Å². The zero-order valence-corrected chi connectivity index (χ0v) is 10.5. The molecule has 0 radical (unpaired) electrons. The van der Waals surface area contributed by atoms with Crippen molar-refractivity contribution in [3.63, 3.8) is 0 Å². The first-order valence-electron chi connectivity index (χ1n) is 3.92. The van der Waals surface area contributed by atoms with Crippen LogP contribution in [0.2, 0.25) is 10.0 Å². The number of hydrogen-bond acceptors (Lipinski definition) is 1. The van der Waals surface area contributed by atoms with Crippen molar-refractivity contribution in [1.29, 1.82) is 0 Å². The smallest absolute Gasteiger partial charge is 0.0835 e. The van der Waals surface area contributed by atoms with Gasteiger partial charge in [-0.05, 0) is 41.9 Å². The fourth-order valence-electron chi connectivity index (χ4n) is 0.948. The molecule has 1 rings (SSSR count). The molecular formula is C9H10BrCl2N. The van der Waals surface area contributed by atoms with Crippen LogP contribution in [0.25, 0.3) is 0 Å². The quantitative estimate of drug-likeness (QED) is 0.783. The Morgan fingerprint density at radius 3 is 2.38 bits per heavy atom. The molecule has 0 aliphatic heterocycles. The molecule has 0 aromatic heterocycles. The van der Waals surface area contributed by atoms with Gasteiger partial charge in [0.1, 0.15) is 0 Å². The standard InChI is InChI=1S/C9H10BrCl2N/c1-5(2)13-7-4-3-6(10)8(11)9(7)12/h3-5,13H,1-2H3. The zero-order valence-electron chi connectivity index (χ0n) is 7.37. The number of hydrogen-bond donors (Lipinski definition) is 1. The van der Waals surface area contributed by atoms with Crippen molar-refractivity contribution in [3.8, 4) is 0 Å². The summed E-state index contributed by atoms with van der Waals surface area (Å²) in [5.41, 5.74) is 0.866. The van der Waals surface area contributed by atoms with Gasteiger partial charge in [-0.1, -0.05) is 23.2 Å². The van der Waals surface area contributed by atoms with Gasteiger partial charge in [-0.15, -0.1) is 0 Å². The number of benzene rings is 1. The summed E-state index contributed by atoms with van der Waals surface area (Å²) in [6.07, 6.45) is 0. The molecule has 0 saturated carbocycles. The second-order valence-corrected chi connectivity index (χ2v) is 4.63. The molecule has 13 heavy (non-hydrogen) atoms. The van der Waals surface area contributed by atoms with E-state index in [1.54, 1.807) is 0 Å². The Labute approximate surface area is 96.6 Å². The predicted octanol–water partition coefficient (Wildman–Crippen LogP) is 4.58. The van der Waals surface area contributed by atoms with E-state index in [0.29, 0.717) is 16.1 Å². The molecule has 1 aromatic carbocycles. The van der Waals surface area contributed by atoms with E-state index in [2.05, 4.69) is 21.2 Å². The maximum atomic E-state index is 6.02. The van der Waals surface area contributed by atoms with Crippen LogP contribution >= 0.6 is 39.1 Å². The van der Waals surface area contributed by atoms with Crippen LogP contribution in [0.3, 0.4) is 0 Å². The Morgan fingerprint density at radius 2 is 1.85 bits per heavy atom. The SMILES string of the molecule is CC(C)Nc1ccc(Br)c(Cl)c1Cl. The monoisotopic (exact) mass is 281 g/mol. The molecule has 0 saturated heterocycles. The normalized spacial score (nSPS) is 10.6. The molecule has 1 N–H and O–H groups in total. The van der Waals surface area contributed by atoms with Crippen molar-refractivity contribution in [2.45, 2.75) is 19.9 Å². The molecule has 0 heterocycles. The van der Waals surface area contributed by atoms with E-state index in [9.17, 15) is 0 Å². The highest BCUT2D eigenvalue weighted by molar-refractivity contribution is 9.10. The molecule has 1 nitrogen and oxygen atoms in total. The van der Waals surface area contributed by atoms with E-state index in [1.807, 2.05) is 26.0 Å². The van der Waals surface area contributed by atoms with Crippen LogP contribution in [0.1, 0.15) is 13.8 Å². The lowest BCUT2D eigenvalue weighted by molar-refractivity contribution is 0.900. The van der Waals surface area contributed by atoms with E-state index in [0.717, 1.165) is 10.2 Å². The fourth-order valence-corrected chi connectivity index (χ4v) is 1.78. The van der Waals surface area contributed by atoms with Gasteiger partial charge in [-0.25, -0.2) is 0 Å². The number of nitrogens with one attached hydrogen (secondary N) is 1. The third-order valence-corrected chi connectivity index (χ3v) is 3.25. The van der Waals surface area contributed by atoms with Gasteiger partial charge in [-0.2, -0.15) is 0 Å². The maximum absolute atomic E-state index is 6.02. The molecule has 0 bridgehead atoms. The minimum atomic E-state index is 0.342. The second kappa shape index (κ2) is 4.54. The van der Waals surface area contributed by atoms with Crippen molar-refractivity contribution in [1.82, 2.24) is 0 Å². The van der Waals surface area contributed by atoms with E-state index in [1.165, 1.54) is 0 Å². The van der Waals surface area contributed by atoms with Crippen LogP contribution < -0.4 is 5.32 Å². The Bertz CT molecular complexity index is 313. The average Bonchev–Trinajstić information content (AvgIpc) is 2.06. The lowest BCUT2D eigenvalue weighted by Gasteiger charge is -2.12. The van der Waals surface area contributed by atoms with Crippen LogP contribution in [0.5, 0.6) is 0 Å². The molecule has 4 heteroatoms. The van der Waals surface area contributed by atoms with Crippen molar-refractivity contribution in [3.05, 3.63) is 26.7 Å². The molecule has 0 unspecified atom stereocenters. The van der Waals surface area contributed by atoms with Crippen LogP contribution in [-0.2, 0) is 0 Å². The Kier molecular flexibility index (Phi) is 3.89. The molecule has 72 valence electrons. The first-order valence-corrected chi connectivity index (χ1v) is 5.47. The highest BCUT2D eigenvalue weighted by Gasteiger charge is 2.08. The van der Waals surface area contributed by atoms with Gasteiger partial charge in [0.25, 0.3) is 0 Å². The molecule has 0 amide bonds. The number of rotatable bonds is 2. The molecule has 0 aliphatic rings. The lowest BCUT2D eigenvalue weighted by Crippen LogP contribution is -2.09. The summed E-state index contributed by atoms with van der Waals surface area (Å²) < 4.78 is 0.813. The Morgan fingerprint density at radius 1 is 1.23 bits per heavy atom. The molecule has 0 spiro atoms. The van der Waals surface area contributed by atoms with Gasteiger partial charge in [0.05, 0.1) is 15.7 Å². The average molecular weight is 283 g/mol. The summed E-state index contributed by atoms with van der Waals surface area (Å²) in [6.45, 7) is 4.10. The fraction of sp³-hybridized carbons (Fsp3) is 0.333. The third-order valence-electron chi connectivity index (χ3n) is 1.48. The molecular weight excluding hydrogens is 273 g/mol. The minimum Gasteiger partial charge on any atom is -0.382 e. The molecule has 0 atom stereocenters. The maximum Gasteiger partial charge on any atom is 0.0835 e. The first kappa shape index (κ1) is 11.2. The van der Waals surface area contributed by atoms with Crippen LogP contribution in [-0.4, -0.2) is 6.04 Å². The van der Waals surface area contributed by atoms with Crippen molar-refractivity contribution in [2.24, 2.45) is 0 Å². The van der Waals surface area contributed by atoms with Gasteiger partial charge in [0, 0.05) is 10.5 Å². The van der Waals surface area contributed by atoms with Crippen molar-refractivity contribution in [2.75, 3.05) is 5.32 Å². The zero-order chi connectivity index (χ0) is 10.0. The van der Waals surface area contributed by atoms with Gasteiger partial charge in [0.15, 0.2) is 0 Å². The van der Waals surface area contributed by atoms with E-state index in [-0.39, 0.29) is 0 Å². The molecule has 0 fully saturated rings. The second-order valence-electron chi connectivity index (χ2n) is 3.02. The number of anilines is 1. The van der Waals surface area contributed by atoms with Crippen molar-refractivity contribution < 1.29 is 0 Å². The van der Waals surface area contributed by atoms with Gasteiger partial charge in [-0.3, -0.25) is 0 Å². The summed E-state index contributed by atoms with van der Waals surface area (Å²) in [4.78, 5) is 0. The minimum absolute atomic E-state index is 0.342. The summed E-state index contributed by atoms with van der Waals surface area (Å²) in [5.74, 6) is 0. The Hall–Kier alpha value is 0.0800. The Balaban J connectivity index is 3.04. The summed E-state index contributed by atoms with van der Waals surface area (Å²) in [7, 11) is 0. The highest BCUT2D eigenvalue weighted by atomic mass is 79.9.